The third-order valence-electron chi connectivity index (χ3n) is 3.26. The first-order chi connectivity index (χ1) is 8.38. The van der Waals surface area contributed by atoms with Crippen LogP contribution >= 0.6 is 0 Å². The molecule has 0 aromatic heterocycles. The summed E-state index contributed by atoms with van der Waals surface area (Å²) in [6, 6.07) is -0.443. The topological polar surface area (TPSA) is 92.4 Å². The van der Waals surface area contributed by atoms with Gasteiger partial charge in [-0.1, -0.05) is 20.8 Å². The van der Waals surface area contributed by atoms with Crippen molar-refractivity contribution >= 4 is 11.9 Å². The van der Waals surface area contributed by atoms with Crippen LogP contribution in [0.3, 0.4) is 0 Å². The quantitative estimate of drug-likeness (QED) is 0.582. The lowest BCUT2D eigenvalue weighted by molar-refractivity contribution is -0.137. The number of hydrogen-bond acceptors (Lipinski definition) is 3. The molecule has 0 rings (SSSR count). The standard InChI is InChI=1S/C13H26N2O3/c1-4-11(14)13(18)15-8-7-10(9(2)3)5-6-12(16)17/h9-11H,4-8,14H2,1-3H3,(H,15,18)(H,16,17). The van der Waals surface area contributed by atoms with Crippen LogP contribution in [0, 0.1) is 11.8 Å². The minimum atomic E-state index is -0.766. The molecule has 0 aromatic rings. The summed E-state index contributed by atoms with van der Waals surface area (Å²) in [7, 11) is 0. The first-order valence-corrected chi connectivity index (χ1v) is 6.63. The van der Waals surface area contributed by atoms with Gasteiger partial charge in [-0.2, -0.15) is 0 Å². The van der Waals surface area contributed by atoms with E-state index in [4.69, 9.17) is 10.8 Å². The molecule has 0 bridgehead atoms. The fraction of sp³-hybridized carbons (Fsp3) is 0.846. The van der Waals surface area contributed by atoms with Crippen molar-refractivity contribution in [3.63, 3.8) is 0 Å². The van der Waals surface area contributed by atoms with E-state index in [1.54, 1.807) is 0 Å². The summed E-state index contributed by atoms with van der Waals surface area (Å²) in [5.74, 6) is -0.156. The molecule has 0 spiro atoms. The first kappa shape index (κ1) is 16.9. The highest BCUT2D eigenvalue weighted by Gasteiger charge is 2.16. The molecule has 0 aromatic carbocycles. The highest BCUT2D eigenvalue weighted by molar-refractivity contribution is 5.81. The highest BCUT2D eigenvalue weighted by atomic mass is 16.4. The molecule has 2 atom stereocenters. The maximum Gasteiger partial charge on any atom is 0.303 e. The molecule has 0 aliphatic heterocycles. The van der Waals surface area contributed by atoms with Gasteiger partial charge in [-0.05, 0) is 31.1 Å². The number of carbonyl (C=O) groups excluding carboxylic acids is 1. The summed E-state index contributed by atoms with van der Waals surface area (Å²) in [4.78, 5) is 22.0. The fourth-order valence-corrected chi connectivity index (χ4v) is 1.82. The molecule has 5 heteroatoms. The van der Waals surface area contributed by atoms with Crippen molar-refractivity contribution < 1.29 is 14.7 Å². The lowest BCUT2D eigenvalue weighted by Gasteiger charge is -2.20. The Morgan fingerprint density at radius 3 is 2.33 bits per heavy atom. The van der Waals surface area contributed by atoms with Gasteiger partial charge in [0.25, 0.3) is 0 Å². The molecular weight excluding hydrogens is 232 g/mol. The highest BCUT2D eigenvalue weighted by Crippen LogP contribution is 2.20. The third-order valence-corrected chi connectivity index (χ3v) is 3.26. The molecule has 18 heavy (non-hydrogen) atoms. The molecule has 0 aliphatic rings. The third kappa shape index (κ3) is 7.27. The summed E-state index contributed by atoms with van der Waals surface area (Å²) in [5, 5.41) is 11.5. The van der Waals surface area contributed by atoms with Crippen LogP contribution in [0.25, 0.3) is 0 Å². The number of carboxylic acid groups (broad SMARTS) is 1. The molecule has 2 unspecified atom stereocenters. The largest absolute Gasteiger partial charge is 0.481 e. The van der Waals surface area contributed by atoms with Crippen molar-refractivity contribution in [1.82, 2.24) is 5.32 Å². The SMILES string of the molecule is CCC(N)C(=O)NCCC(CCC(=O)O)C(C)C. The zero-order valence-corrected chi connectivity index (χ0v) is 11.6. The van der Waals surface area contributed by atoms with Gasteiger partial charge in [-0.25, -0.2) is 0 Å². The first-order valence-electron chi connectivity index (χ1n) is 6.63. The predicted octanol–water partition coefficient (Wildman–Crippen LogP) is 1.37. The number of rotatable bonds is 9. The van der Waals surface area contributed by atoms with Crippen molar-refractivity contribution in [2.75, 3.05) is 6.54 Å². The van der Waals surface area contributed by atoms with Gasteiger partial charge in [0, 0.05) is 13.0 Å². The predicted molar refractivity (Wildman–Crippen MR) is 71.1 cm³/mol. The van der Waals surface area contributed by atoms with Crippen molar-refractivity contribution in [3.8, 4) is 0 Å². The molecule has 5 nitrogen and oxygen atoms in total. The van der Waals surface area contributed by atoms with E-state index in [1.165, 1.54) is 0 Å². The van der Waals surface area contributed by atoms with Crippen LogP contribution < -0.4 is 11.1 Å². The number of aliphatic carboxylic acids is 1. The van der Waals surface area contributed by atoms with Gasteiger partial charge >= 0.3 is 5.97 Å². The zero-order chi connectivity index (χ0) is 14.1. The Bertz CT molecular complexity index is 267. The van der Waals surface area contributed by atoms with Crippen LogP contribution in [-0.2, 0) is 9.59 Å². The number of hydrogen-bond donors (Lipinski definition) is 3. The van der Waals surface area contributed by atoms with E-state index in [2.05, 4.69) is 19.2 Å². The van der Waals surface area contributed by atoms with Crippen molar-refractivity contribution in [1.29, 1.82) is 0 Å². The molecular formula is C13H26N2O3. The molecule has 0 radical (unpaired) electrons. The van der Waals surface area contributed by atoms with Crippen LogP contribution in [0.15, 0.2) is 0 Å². The average Bonchev–Trinajstić information content (AvgIpc) is 2.31. The second-order valence-corrected chi connectivity index (χ2v) is 5.03. The number of carbonyl (C=O) groups is 2. The molecule has 106 valence electrons. The maximum absolute atomic E-state index is 11.5. The van der Waals surface area contributed by atoms with Crippen LogP contribution in [0.1, 0.15) is 46.5 Å². The van der Waals surface area contributed by atoms with Crippen LogP contribution in [-0.4, -0.2) is 29.6 Å². The van der Waals surface area contributed by atoms with E-state index in [0.717, 1.165) is 6.42 Å². The number of nitrogens with one attached hydrogen (secondary N) is 1. The molecule has 0 saturated heterocycles. The second-order valence-electron chi connectivity index (χ2n) is 5.03. The smallest absolute Gasteiger partial charge is 0.303 e. The Morgan fingerprint density at radius 2 is 1.89 bits per heavy atom. The molecule has 0 aliphatic carbocycles. The van der Waals surface area contributed by atoms with Crippen LogP contribution in [0.2, 0.25) is 0 Å². The minimum Gasteiger partial charge on any atom is -0.481 e. The molecule has 4 N–H and O–H groups in total. The second kappa shape index (κ2) is 8.91. The lowest BCUT2D eigenvalue weighted by Crippen LogP contribution is -2.40. The van der Waals surface area contributed by atoms with Gasteiger partial charge in [0.1, 0.15) is 0 Å². The van der Waals surface area contributed by atoms with Crippen LogP contribution in [0.4, 0.5) is 0 Å². The minimum absolute atomic E-state index is 0.127. The van der Waals surface area contributed by atoms with E-state index in [-0.39, 0.29) is 12.3 Å². The van der Waals surface area contributed by atoms with Gasteiger partial charge in [0.05, 0.1) is 6.04 Å². The Kier molecular flexibility index (Phi) is 8.37. The number of amides is 1. The average molecular weight is 258 g/mol. The van der Waals surface area contributed by atoms with Gasteiger partial charge in [-0.3, -0.25) is 9.59 Å². The normalized spacial score (nSPS) is 14.3. The summed E-state index contributed by atoms with van der Waals surface area (Å²) in [6.45, 7) is 6.58. The Labute approximate surface area is 109 Å². The van der Waals surface area contributed by atoms with Gasteiger partial charge in [0.15, 0.2) is 0 Å². The molecule has 1 amide bonds. The van der Waals surface area contributed by atoms with Crippen molar-refractivity contribution in [2.45, 2.75) is 52.5 Å². The van der Waals surface area contributed by atoms with Gasteiger partial charge < -0.3 is 16.2 Å². The number of carboxylic acids is 1. The summed E-state index contributed by atoms with van der Waals surface area (Å²) < 4.78 is 0. The van der Waals surface area contributed by atoms with Crippen molar-refractivity contribution in [3.05, 3.63) is 0 Å². The monoisotopic (exact) mass is 258 g/mol. The molecule has 0 heterocycles. The molecule has 0 fully saturated rings. The van der Waals surface area contributed by atoms with Crippen LogP contribution in [0.5, 0.6) is 0 Å². The Morgan fingerprint density at radius 1 is 1.28 bits per heavy atom. The van der Waals surface area contributed by atoms with E-state index in [0.29, 0.717) is 31.2 Å². The Balaban J connectivity index is 3.97. The molecule has 0 saturated carbocycles. The lowest BCUT2D eigenvalue weighted by atomic mass is 9.88. The number of nitrogens with two attached hydrogens (primary N) is 1. The summed E-state index contributed by atoms with van der Waals surface area (Å²) >= 11 is 0. The van der Waals surface area contributed by atoms with E-state index < -0.39 is 12.0 Å². The fourth-order valence-electron chi connectivity index (χ4n) is 1.82. The zero-order valence-electron chi connectivity index (χ0n) is 11.6. The van der Waals surface area contributed by atoms with E-state index >= 15 is 0 Å². The summed E-state index contributed by atoms with van der Waals surface area (Å²) in [5.41, 5.74) is 5.60. The van der Waals surface area contributed by atoms with Gasteiger partial charge in [-0.15, -0.1) is 0 Å². The van der Waals surface area contributed by atoms with E-state index in [1.807, 2.05) is 6.92 Å². The Hall–Kier alpha value is -1.10. The van der Waals surface area contributed by atoms with Crippen molar-refractivity contribution in [2.24, 2.45) is 17.6 Å². The van der Waals surface area contributed by atoms with E-state index in [9.17, 15) is 9.59 Å². The maximum atomic E-state index is 11.5. The van der Waals surface area contributed by atoms with Gasteiger partial charge in [0.2, 0.25) is 5.91 Å². The summed E-state index contributed by atoms with van der Waals surface area (Å²) in [6.07, 6.45) is 2.26.